The zero-order chi connectivity index (χ0) is 21.1. The Labute approximate surface area is 165 Å². The van der Waals surface area contributed by atoms with E-state index < -0.39 is 27.1 Å². The second-order valence-corrected chi connectivity index (χ2v) is 6.41. The molecule has 10 nitrogen and oxygen atoms in total. The molecule has 29 heavy (non-hydrogen) atoms. The minimum Gasteiger partial charge on any atom is -0.486 e. The molecule has 1 amide bonds. The number of nitro groups is 2. The van der Waals surface area contributed by atoms with Gasteiger partial charge in [0.2, 0.25) is 0 Å². The zero-order valence-electron chi connectivity index (χ0n) is 15.9. The molecule has 0 aromatic heterocycles. The number of nitrogens with zero attached hydrogens (tertiary/aromatic N) is 3. The van der Waals surface area contributed by atoms with Crippen LogP contribution in [0, 0.1) is 27.2 Å². The molecule has 152 valence electrons. The van der Waals surface area contributed by atoms with E-state index in [1.165, 1.54) is 11.8 Å². The normalized spacial score (nSPS) is 12.3. The average molecular weight is 401 g/mol. The van der Waals surface area contributed by atoms with Crippen LogP contribution in [0.15, 0.2) is 30.3 Å². The van der Waals surface area contributed by atoms with Gasteiger partial charge in [-0.1, -0.05) is 12.1 Å². The Morgan fingerprint density at radius 2 is 1.86 bits per heavy atom. The van der Waals surface area contributed by atoms with Crippen LogP contribution in [0.4, 0.5) is 11.4 Å². The fourth-order valence-electron chi connectivity index (χ4n) is 3.16. The molecule has 2 aromatic rings. The molecule has 10 heteroatoms. The summed E-state index contributed by atoms with van der Waals surface area (Å²) >= 11 is 0. The summed E-state index contributed by atoms with van der Waals surface area (Å²) in [6.45, 7) is 4.44. The molecule has 0 radical (unpaired) electrons. The third-order valence-corrected chi connectivity index (χ3v) is 4.68. The van der Waals surface area contributed by atoms with Gasteiger partial charge in [0.25, 0.3) is 17.3 Å². The van der Waals surface area contributed by atoms with Crippen molar-refractivity contribution in [3.05, 3.63) is 67.3 Å². The Morgan fingerprint density at radius 1 is 1.14 bits per heavy atom. The van der Waals surface area contributed by atoms with E-state index in [-0.39, 0.29) is 17.7 Å². The summed E-state index contributed by atoms with van der Waals surface area (Å²) in [4.78, 5) is 35.6. The summed E-state index contributed by atoms with van der Waals surface area (Å²) in [5.74, 6) is 0.595. The molecule has 1 aliphatic heterocycles. The van der Waals surface area contributed by atoms with Crippen molar-refractivity contribution in [3.8, 4) is 11.5 Å². The van der Waals surface area contributed by atoms with Crippen LogP contribution >= 0.6 is 0 Å². The summed E-state index contributed by atoms with van der Waals surface area (Å²) in [7, 11) is 0. The first kappa shape index (κ1) is 20.1. The lowest BCUT2D eigenvalue weighted by molar-refractivity contribution is -0.394. The van der Waals surface area contributed by atoms with Crippen molar-refractivity contribution < 1.29 is 24.1 Å². The second kappa shape index (κ2) is 8.13. The van der Waals surface area contributed by atoms with Crippen molar-refractivity contribution in [2.45, 2.75) is 20.4 Å². The molecule has 0 spiro atoms. The number of carbonyl (C=O) groups is 1. The molecule has 3 rings (SSSR count). The molecular weight excluding hydrogens is 382 g/mol. The lowest BCUT2D eigenvalue weighted by atomic mass is 10.0. The SMILES string of the molecule is CCN(Cc1cccc2c1OCCO2)C(=O)c1cc([N+](=O)[O-])cc([N+](=O)[O-])c1C. The highest BCUT2D eigenvalue weighted by Crippen LogP contribution is 2.35. The maximum absolute atomic E-state index is 13.1. The minimum atomic E-state index is -0.752. The largest absolute Gasteiger partial charge is 0.486 e. The molecule has 0 fully saturated rings. The van der Waals surface area contributed by atoms with Gasteiger partial charge < -0.3 is 14.4 Å². The Balaban J connectivity index is 1.98. The van der Waals surface area contributed by atoms with E-state index in [1.54, 1.807) is 25.1 Å². The number of hydrogen-bond donors (Lipinski definition) is 0. The number of non-ortho nitro benzene ring substituents is 1. The smallest absolute Gasteiger partial charge is 0.279 e. The standard InChI is InChI=1S/C19H19N3O7/c1-3-20(11-13-5-4-6-17-18(13)29-8-7-28-17)19(23)15-9-14(21(24)25)10-16(12(15)2)22(26)27/h4-6,9-10H,3,7-8,11H2,1-2H3. The number of ether oxygens (including phenoxy) is 2. The van der Waals surface area contributed by atoms with Crippen LogP contribution in [0.5, 0.6) is 11.5 Å². The molecule has 0 saturated carbocycles. The summed E-state index contributed by atoms with van der Waals surface area (Å²) in [5.41, 5.74) is -0.244. The highest BCUT2D eigenvalue weighted by molar-refractivity contribution is 5.97. The van der Waals surface area contributed by atoms with Crippen molar-refractivity contribution in [2.75, 3.05) is 19.8 Å². The van der Waals surface area contributed by atoms with Crippen molar-refractivity contribution in [3.63, 3.8) is 0 Å². The Bertz CT molecular complexity index is 990. The summed E-state index contributed by atoms with van der Waals surface area (Å²) in [5, 5.41) is 22.5. The molecule has 0 unspecified atom stereocenters. The van der Waals surface area contributed by atoms with Gasteiger partial charge in [-0.2, -0.15) is 0 Å². The molecule has 0 bridgehead atoms. The number of nitro benzene ring substituents is 2. The number of benzene rings is 2. The fourth-order valence-corrected chi connectivity index (χ4v) is 3.16. The van der Waals surface area contributed by atoms with Crippen molar-refractivity contribution in [1.29, 1.82) is 0 Å². The maximum atomic E-state index is 13.1. The number of fused-ring (bicyclic) bond motifs is 1. The summed E-state index contributed by atoms with van der Waals surface area (Å²) < 4.78 is 11.2. The van der Waals surface area contributed by atoms with Gasteiger partial charge in [0.1, 0.15) is 13.2 Å². The van der Waals surface area contributed by atoms with Crippen molar-refractivity contribution in [2.24, 2.45) is 0 Å². The van der Waals surface area contributed by atoms with E-state index in [1.807, 2.05) is 0 Å². The second-order valence-electron chi connectivity index (χ2n) is 6.41. The van der Waals surface area contributed by atoms with Gasteiger partial charge in [0, 0.05) is 30.3 Å². The zero-order valence-corrected chi connectivity index (χ0v) is 15.9. The number of para-hydroxylation sites is 1. The first-order chi connectivity index (χ1) is 13.8. The number of rotatable bonds is 6. The Hall–Kier alpha value is -3.69. The summed E-state index contributed by atoms with van der Waals surface area (Å²) in [6.07, 6.45) is 0. The molecule has 0 aliphatic carbocycles. The van der Waals surface area contributed by atoms with Gasteiger partial charge in [0.15, 0.2) is 11.5 Å². The van der Waals surface area contributed by atoms with Gasteiger partial charge in [0.05, 0.1) is 21.5 Å². The van der Waals surface area contributed by atoms with E-state index in [0.29, 0.717) is 31.3 Å². The highest BCUT2D eigenvalue weighted by Gasteiger charge is 2.28. The van der Waals surface area contributed by atoms with E-state index in [4.69, 9.17) is 9.47 Å². The van der Waals surface area contributed by atoms with E-state index >= 15 is 0 Å². The third kappa shape index (κ3) is 3.96. The fraction of sp³-hybridized carbons (Fsp3) is 0.316. The highest BCUT2D eigenvalue weighted by atomic mass is 16.6. The van der Waals surface area contributed by atoms with E-state index in [2.05, 4.69) is 0 Å². The van der Waals surface area contributed by atoms with Gasteiger partial charge in [-0.05, 0) is 19.9 Å². The maximum Gasteiger partial charge on any atom is 0.279 e. The molecule has 1 heterocycles. The Morgan fingerprint density at radius 3 is 2.52 bits per heavy atom. The van der Waals surface area contributed by atoms with Crippen molar-refractivity contribution in [1.82, 2.24) is 4.90 Å². The summed E-state index contributed by atoms with van der Waals surface area (Å²) in [6, 6.07) is 7.29. The lowest BCUT2D eigenvalue weighted by Crippen LogP contribution is -2.31. The number of carbonyl (C=O) groups excluding carboxylic acids is 1. The van der Waals surface area contributed by atoms with E-state index in [9.17, 15) is 25.0 Å². The first-order valence-corrected chi connectivity index (χ1v) is 8.93. The van der Waals surface area contributed by atoms with Crippen LogP contribution in [0.3, 0.4) is 0 Å². The molecule has 0 saturated heterocycles. The predicted octanol–water partition coefficient (Wildman–Crippen LogP) is 3.24. The van der Waals surface area contributed by atoms with Crippen LogP contribution in [-0.4, -0.2) is 40.4 Å². The lowest BCUT2D eigenvalue weighted by Gasteiger charge is -2.25. The van der Waals surface area contributed by atoms with Crippen LogP contribution in [0.2, 0.25) is 0 Å². The number of amides is 1. The molecular formula is C19H19N3O7. The number of hydrogen-bond acceptors (Lipinski definition) is 7. The monoisotopic (exact) mass is 401 g/mol. The molecule has 0 atom stereocenters. The van der Waals surface area contributed by atoms with Crippen LogP contribution in [0.1, 0.15) is 28.4 Å². The quantitative estimate of drug-likeness (QED) is 0.537. The van der Waals surface area contributed by atoms with Gasteiger partial charge in [-0.3, -0.25) is 25.0 Å². The van der Waals surface area contributed by atoms with Gasteiger partial charge in [-0.15, -0.1) is 0 Å². The van der Waals surface area contributed by atoms with Crippen molar-refractivity contribution >= 4 is 17.3 Å². The molecule has 1 aliphatic rings. The molecule has 2 aromatic carbocycles. The Kier molecular flexibility index (Phi) is 5.62. The van der Waals surface area contributed by atoms with E-state index in [0.717, 1.165) is 17.7 Å². The van der Waals surface area contributed by atoms with Crippen LogP contribution < -0.4 is 9.47 Å². The van der Waals surface area contributed by atoms with Gasteiger partial charge in [-0.25, -0.2) is 0 Å². The molecule has 0 N–H and O–H groups in total. The third-order valence-electron chi connectivity index (χ3n) is 4.68. The van der Waals surface area contributed by atoms with Crippen LogP contribution in [-0.2, 0) is 6.54 Å². The average Bonchev–Trinajstić information content (AvgIpc) is 2.71. The topological polar surface area (TPSA) is 125 Å². The van der Waals surface area contributed by atoms with Crippen LogP contribution in [0.25, 0.3) is 0 Å². The van der Waals surface area contributed by atoms with Gasteiger partial charge >= 0.3 is 0 Å². The minimum absolute atomic E-state index is 0.0743. The first-order valence-electron chi connectivity index (χ1n) is 8.93. The predicted molar refractivity (Wildman–Crippen MR) is 102 cm³/mol.